The van der Waals surface area contributed by atoms with Crippen LogP contribution in [0.1, 0.15) is 18.5 Å². The first-order valence-corrected chi connectivity index (χ1v) is 10.6. The molecule has 27 heavy (non-hydrogen) atoms. The van der Waals surface area contributed by atoms with Crippen LogP contribution in [0.4, 0.5) is 0 Å². The molecule has 140 valence electrons. The van der Waals surface area contributed by atoms with Gasteiger partial charge < -0.3 is 9.05 Å². The van der Waals surface area contributed by atoms with Crippen LogP contribution in [-0.4, -0.2) is 0 Å². The first-order valence-electron chi connectivity index (χ1n) is 8.27. The second kappa shape index (κ2) is 8.81. The number of hydrogen-bond donors (Lipinski definition) is 1. The minimum Gasteiger partial charge on any atom is -0.405 e. The van der Waals surface area contributed by atoms with E-state index in [2.05, 4.69) is 5.09 Å². The van der Waals surface area contributed by atoms with Gasteiger partial charge in [0.05, 0.1) is 0 Å². The Morgan fingerprint density at radius 3 is 1.67 bits per heavy atom. The van der Waals surface area contributed by atoms with Gasteiger partial charge in [-0.05, 0) is 61.0 Å². The number of nitrogens with one attached hydrogen (secondary N) is 1. The highest BCUT2D eigenvalue weighted by Crippen LogP contribution is 2.47. The Kier molecular flexibility index (Phi) is 6.46. The van der Waals surface area contributed by atoms with E-state index in [4.69, 9.17) is 32.2 Å². The Bertz CT molecular complexity index is 867. The molecule has 0 saturated carbocycles. The highest BCUT2D eigenvalue weighted by atomic mass is 35.5. The summed E-state index contributed by atoms with van der Waals surface area (Å²) in [6.45, 7) is 1.89. The van der Waals surface area contributed by atoms with Gasteiger partial charge in [0, 0.05) is 16.1 Å². The molecule has 0 saturated heterocycles. The fourth-order valence-corrected chi connectivity index (χ4v) is 4.21. The first-order chi connectivity index (χ1) is 12.9. The summed E-state index contributed by atoms with van der Waals surface area (Å²) in [5.41, 5.74) is 0.956. The lowest BCUT2D eigenvalue weighted by molar-refractivity contribution is 0.363. The van der Waals surface area contributed by atoms with Crippen LogP contribution in [0.25, 0.3) is 0 Å². The van der Waals surface area contributed by atoms with E-state index in [0.717, 1.165) is 5.56 Å². The molecule has 7 heteroatoms. The van der Waals surface area contributed by atoms with Crippen molar-refractivity contribution in [1.82, 2.24) is 5.09 Å². The Balaban J connectivity index is 1.85. The van der Waals surface area contributed by atoms with Gasteiger partial charge in [-0.2, -0.15) is 5.09 Å². The SMILES string of the molecule is CC(NP(=O)(Oc1ccc(Cl)cc1)Oc1ccc(Cl)cc1)c1ccccc1. The summed E-state index contributed by atoms with van der Waals surface area (Å²) < 4.78 is 24.9. The topological polar surface area (TPSA) is 47.6 Å². The summed E-state index contributed by atoms with van der Waals surface area (Å²) in [6, 6.07) is 22.5. The Labute approximate surface area is 168 Å². The van der Waals surface area contributed by atoms with Gasteiger partial charge in [0.15, 0.2) is 0 Å². The van der Waals surface area contributed by atoms with E-state index in [0.29, 0.717) is 21.5 Å². The van der Waals surface area contributed by atoms with Gasteiger partial charge in [0.25, 0.3) is 0 Å². The number of halogens is 2. The van der Waals surface area contributed by atoms with Crippen molar-refractivity contribution < 1.29 is 13.6 Å². The molecule has 0 aliphatic rings. The zero-order valence-corrected chi connectivity index (χ0v) is 16.9. The van der Waals surface area contributed by atoms with Crippen molar-refractivity contribution in [2.24, 2.45) is 0 Å². The van der Waals surface area contributed by atoms with Crippen LogP contribution < -0.4 is 14.1 Å². The second-order valence-electron chi connectivity index (χ2n) is 5.85. The molecule has 3 aromatic rings. The van der Waals surface area contributed by atoms with Crippen LogP contribution in [0.2, 0.25) is 10.0 Å². The third kappa shape index (κ3) is 5.75. The largest absolute Gasteiger partial charge is 0.513 e. The third-order valence-corrected chi connectivity index (χ3v) is 5.84. The third-order valence-electron chi connectivity index (χ3n) is 3.73. The summed E-state index contributed by atoms with van der Waals surface area (Å²) in [5.74, 6) is 0.758. The van der Waals surface area contributed by atoms with E-state index < -0.39 is 7.75 Å². The fourth-order valence-electron chi connectivity index (χ4n) is 2.39. The summed E-state index contributed by atoms with van der Waals surface area (Å²) in [6.07, 6.45) is 0. The zero-order chi connectivity index (χ0) is 19.3. The quantitative estimate of drug-likeness (QED) is 0.421. The van der Waals surface area contributed by atoms with Crippen molar-refractivity contribution >= 4 is 30.9 Å². The molecule has 0 heterocycles. The van der Waals surface area contributed by atoms with Crippen molar-refractivity contribution in [3.8, 4) is 11.5 Å². The Morgan fingerprint density at radius 1 is 0.778 bits per heavy atom. The van der Waals surface area contributed by atoms with Crippen molar-refractivity contribution in [2.45, 2.75) is 13.0 Å². The van der Waals surface area contributed by atoms with Gasteiger partial charge >= 0.3 is 7.75 Å². The first kappa shape index (κ1) is 19.8. The van der Waals surface area contributed by atoms with Crippen LogP contribution in [0.3, 0.4) is 0 Å². The van der Waals surface area contributed by atoms with Crippen LogP contribution in [-0.2, 0) is 4.57 Å². The lowest BCUT2D eigenvalue weighted by Crippen LogP contribution is -2.22. The van der Waals surface area contributed by atoms with Crippen LogP contribution >= 0.6 is 30.9 Å². The summed E-state index contributed by atoms with van der Waals surface area (Å²) in [7, 11) is -3.75. The van der Waals surface area contributed by atoms with E-state index in [1.807, 2.05) is 37.3 Å². The van der Waals surface area contributed by atoms with Gasteiger partial charge in [0.2, 0.25) is 0 Å². The highest BCUT2D eigenvalue weighted by molar-refractivity contribution is 7.52. The Morgan fingerprint density at radius 2 is 1.22 bits per heavy atom. The molecule has 1 unspecified atom stereocenters. The smallest absolute Gasteiger partial charge is 0.405 e. The van der Waals surface area contributed by atoms with Gasteiger partial charge in [-0.1, -0.05) is 53.5 Å². The summed E-state index contributed by atoms with van der Waals surface area (Å²) >= 11 is 11.8. The zero-order valence-electron chi connectivity index (χ0n) is 14.5. The van der Waals surface area contributed by atoms with Gasteiger partial charge in [-0.3, -0.25) is 0 Å². The molecule has 4 nitrogen and oxygen atoms in total. The highest BCUT2D eigenvalue weighted by Gasteiger charge is 2.31. The average molecular weight is 422 g/mol. The molecule has 3 rings (SSSR count). The minimum atomic E-state index is -3.75. The lowest BCUT2D eigenvalue weighted by Gasteiger charge is -2.24. The molecule has 0 spiro atoms. The van der Waals surface area contributed by atoms with Crippen LogP contribution in [0.5, 0.6) is 11.5 Å². The molecule has 3 aromatic carbocycles. The summed E-state index contributed by atoms with van der Waals surface area (Å²) in [4.78, 5) is 0. The van der Waals surface area contributed by atoms with Gasteiger partial charge in [-0.25, -0.2) is 4.57 Å². The van der Waals surface area contributed by atoms with E-state index in [-0.39, 0.29) is 6.04 Å². The van der Waals surface area contributed by atoms with Crippen molar-refractivity contribution in [3.05, 3.63) is 94.5 Å². The van der Waals surface area contributed by atoms with E-state index in [1.165, 1.54) is 0 Å². The second-order valence-corrected chi connectivity index (χ2v) is 8.34. The molecule has 0 fully saturated rings. The van der Waals surface area contributed by atoms with E-state index in [1.54, 1.807) is 48.5 Å². The molecular weight excluding hydrogens is 404 g/mol. The van der Waals surface area contributed by atoms with Crippen molar-refractivity contribution in [3.63, 3.8) is 0 Å². The molecule has 1 N–H and O–H groups in total. The Hall–Kier alpha value is -1.97. The molecule has 1 atom stereocenters. The predicted molar refractivity (Wildman–Crippen MR) is 110 cm³/mol. The molecule has 0 radical (unpaired) electrons. The predicted octanol–water partition coefficient (Wildman–Crippen LogP) is 6.91. The van der Waals surface area contributed by atoms with Crippen LogP contribution in [0.15, 0.2) is 78.9 Å². The summed E-state index contributed by atoms with van der Waals surface area (Å²) in [5, 5.41) is 4.09. The lowest BCUT2D eigenvalue weighted by atomic mass is 10.1. The minimum absolute atomic E-state index is 0.267. The molecule has 0 aliphatic carbocycles. The van der Waals surface area contributed by atoms with E-state index in [9.17, 15) is 4.57 Å². The van der Waals surface area contributed by atoms with Gasteiger partial charge in [0.1, 0.15) is 11.5 Å². The number of benzene rings is 3. The molecule has 0 bridgehead atoms. The maximum Gasteiger partial charge on any atom is 0.513 e. The number of hydrogen-bond acceptors (Lipinski definition) is 3. The van der Waals surface area contributed by atoms with Gasteiger partial charge in [-0.15, -0.1) is 0 Å². The fraction of sp³-hybridized carbons (Fsp3) is 0.100. The molecular formula is C20H18Cl2NO3P. The van der Waals surface area contributed by atoms with Crippen molar-refractivity contribution in [1.29, 1.82) is 0 Å². The van der Waals surface area contributed by atoms with Crippen LogP contribution in [0, 0.1) is 0 Å². The average Bonchev–Trinajstić information content (AvgIpc) is 2.66. The van der Waals surface area contributed by atoms with E-state index >= 15 is 0 Å². The number of rotatable bonds is 7. The monoisotopic (exact) mass is 421 g/mol. The maximum atomic E-state index is 13.5. The molecule has 0 aromatic heterocycles. The molecule has 0 aliphatic heterocycles. The standard InChI is InChI=1S/C20H18Cl2NO3P/c1-15(16-5-3-2-4-6-16)23-27(24,25-19-11-7-17(21)8-12-19)26-20-13-9-18(22)10-14-20/h2-15H,1H3,(H,23,24). The maximum absolute atomic E-state index is 13.5. The molecule has 0 amide bonds. The normalized spacial score (nSPS) is 12.4. The van der Waals surface area contributed by atoms with Crippen molar-refractivity contribution in [2.75, 3.05) is 0 Å².